The number of carbonyl (C=O) groups is 1. The summed E-state index contributed by atoms with van der Waals surface area (Å²) in [6.45, 7) is 5.69. The monoisotopic (exact) mass is 449 g/mol. The molecule has 0 saturated carbocycles. The van der Waals surface area contributed by atoms with Gasteiger partial charge in [0.15, 0.2) is 0 Å². The van der Waals surface area contributed by atoms with Crippen molar-refractivity contribution in [2.75, 3.05) is 36.9 Å². The molecule has 3 aromatic rings. The third-order valence-electron chi connectivity index (χ3n) is 7.01. The molecular weight excluding hydrogens is 422 g/mol. The Hall–Kier alpha value is -2.84. The van der Waals surface area contributed by atoms with Crippen LogP contribution in [0.1, 0.15) is 27.3 Å². The number of ether oxygens (including phenoxy) is 1. The second kappa shape index (κ2) is 7.64. The van der Waals surface area contributed by atoms with E-state index in [0.29, 0.717) is 23.2 Å². The second-order valence-corrected chi connectivity index (χ2v) is 10.1. The maximum absolute atomic E-state index is 13.0. The van der Waals surface area contributed by atoms with Crippen LogP contribution in [-0.2, 0) is 6.42 Å². The molecule has 166 valence electrons. The molecule has 2 fully saturated rings. The number of amides is 1. The van der Waals surface area contributed by atoms with Gasteiger partial charge in [0, 0.05) is 48.5 Å². The summed E-state index contributed by atoms with van der Waals surface area (Å²) in [5.74, 6) is 1.53. The van der Waals surface area contributed by atoms with Crippen molar-refractivity contribution < 1.29 is 9.53 Å². The number of carbonyl (C=O) groups excluding carboxylic acids is 1. The highest BCUT2D eigenvalue weighted by Gasteiger charge is 2.38. The van der Waals surface area contributed by atoms with E-state index in [1.165, 1.54) is 23.4 Å². The zero-order chi connectivity index (χ0) is 21.8. The average Bonchev–Trinajstić information content (AvgIpc) is 3.48. The largest absolute Gasteiger partial charge is 0.491 e. The molecule has 0 radical (unpaired) electrons. The lowest BCUT2D eigenvalue weighted by atomic mass is 10.0. The summed E-state index contributed by atoms with van der Waals surface area (Å²) in [6, 6.07) is 10.9. The number of nitrogens with one attached hydrogen (secondary N) is 2. The van der Waals surface area contributed by atoms with E-state index in [0.717, 1.165) is 59.2 Å². The molecule has 4 N–H and O–H groups in total. The van der Waals surface area contributed by atoms with E-state index in [-0.39, 0.29) is 11.9 Å². The predicted octanol–water partition coefficient (Wildman–Crippen LogP) is 2.72. The Kier molecular flexibility index (Phi) is 4.73. The third kappa shape index (κ3) is 3.29. The number of aromatic nitrogens is 1. The van der Waals surface area contributed by atoms with E-state index in [4.69, 9.17) is 10.5 Å². The van der Waals surface area contributed by atoms with Gasteiger partial charge >= 0.3 is 0 Å². The Bertz CT molecular complexity index is 1210. The number of thiophene rings is 1. The molecule has 7 nitrogen and oxygen atoms in total. The maximum atomic E-state index is 13.0. The second-order valence-electron chi connectivity index (χ2n) is 9.10. The van der Waals surface area contributed by atoms with E-state index in [1.54, 1.807) is 0 Å². The number of nitrogen functional groups attached to an aromatic ring is 1. The van der Waals surface area contributed by atoms with Crippen LogP contribution in [0.2, 0.25) is 0 Å². The fraction of sp³-hybridized carbons (Fsp3) is 0.417. The molecule has 2 saturated heterocycles. The smallest absolute Gasteiger partial charge is 0.263 e. The first kappa shape index (κ1) is 19.8. The Morgan fingerprint density at radius 3 is 3.12 bits per heavy atom. The fourth-order valence-corrected chi connectivity index (χ4v) is 6.35. The number of benzene rings is 1. The summed E-state index contributed by atoms with van der Waals surface area (Å²) < 4.78 is 6.09. The number of hydrogen-bond donors (Lipinski definition) is 3. The SMILES string of the molecule is Cc1ccc2c(N)c(C(=O)N[C@H]3COc4cc(N5CC[C@H]6CNC[C@H]65)ccc4C3)sc2n1. The first-order valence-electron chi connectivity index (χ1n) is 11.3. The molecule has 32 heavy (non-hydrogen) atoms. The van der Waals surface area contributed by atoms with Crippen molar-refractivity contribution in [2.24, 2.45) is 5.92 Å². The Balaban J connectivity index is 1.17. The minimum absolute atomic E-state index is 0.0876. The zero-order valence-corrected chi connectivity index (χ0v) is 18.9. The van der Waals surface area contributed by atoms with Crippen molar-refractivity contribution >= 4 is 38.8 Å². The van der Waals surface area contributed by atoms with Crippen LogP contribution in [0.25, 0.3) is 10.2 Å². The highest BCUT2D eigenvalue weighted by atomic mass is 32.1. The van der Waals surface area contributed by atoms with Gasteiger partial charge in [0.1, 0.15) is 22.1 Å². The van der Waals surface area contributed by atoms with Gasteiger partial charge in [0.25, 0.3) is 5.91 Å². The normalized spacial score (nSPS) is 24.3. The van der Waals surface area contributed by atoms with E-state index in [2.05, 4.69) is 38.7 Å². The first-order chi connectivity index (χ1) is 15.6. The number of anilines is 2. The lowest BCUT2D eigenvalue weighted by molar-refractivity contribution is 0.0920. The lowest BCUT2D eigenvalue weighted by Gasteiger charge is -2.30. The van der Waals surface area contributed by atoms with Crippen molar-refractivity contribution in [2.45, 2.75) is 31.8 Å². The summed E-state index contributed by atoms with van der Waals surface area (Å²) in [7, 11) is 0. The third-order valence-corrected chi connectivity index (χ3v) is 8.12. The number of hydrogen-bond acceptors (Lipinski definition) is 7. The molecule has 1 amide bonds. The fourth-order valence-electron chi connectivity index (χ4n) is 5.31. The first-order valence-corrected chi connectivity index (χ1v) is 12.1. The van der Waals surface area contributed by atoms with E-state index >= 15 is 0 Å². The minimum atomic E-state index is -0.159. The van der Waals surface area contributed by atoms with Crippen LogP contribution in [-0.4, -0.2) is 49.2 Å². The molecule has 3 atom stereocenters. The van der Waals surface area contributed by atoms with Crippen LogP contribution in [0.3, 0.4) is 0 Å². The summed E-state index contributed by atoms with van der Waals surface area (Å²) in [5.41, 5.74) is 10.0. The number of pyridine rings is 1. The molecule has 3 aliphatic heterocycles. The molecular formula is C24H27N5O2S. The number of nitrogens with zero attached hydrogens (tertiary/aromatic N) is 2. The maximum Gasteiger partial charge on any atom is 0.263 e. The van der Waals surface area contributed by atoms with Crippen molar-refractivity contribution in [1.82, 2.24) is 15.6 Å². The molecule has 3 aliphatic rings. The number of nitrogens with two attached hydrogens (primary N) is 1. The van der Waals surface area contributed by atoms with Gasteiger partial charge in [-0.3, -0.25) is 4.79 Å². The molecule has 0 unspecified atom stereocenters. The topological polar surface area (TPSA) is 92.5 Å². The van der Waals surface area contributed by atoms with Gasteiger partial charge in [0.2, 0.25) is 0 Å². The Labute approximate surface area is 191 Å². The minimum Gasteiger partial charge on any atom is -0.491 e. The van der Waals surface area contributed by atoms with E-state index in [1.807, 2.05) is 19.1 Å². The number of aryl methyl sites for hydroxylation is 1. The average molecular weight is 450 g/mol. The molecule has 0 spiro atoms. The Morgan fingerprint density at radius 2 is 2.22 bits per heavy atom. The molecule has 1 aromatic carbocycles. The highest BCUT2D eigenvalue weighted by molar-refractivity contribution is 7.21. The number of rotatable bonds is 3. The predicted molar refractivity (Wildman–Crippen MR) is 128 cm³/mol. The van der Waals surface area contributed by atoms with Crippen LogP contribution < -0.4 is 26.0 Å². The number of fused-ring (bicyclic) bond motifs is 3. The van der Waals surface area contributed by atoms with Crippen LogP contribution in [0.4, 0.5) is 11.4 Å². The molecule has 6 rings (SSSR count). The van der Waals surface area contributed by atoms with Crippen LogP contribution >= 0.6 is 11.3 Å². The summed E-state index contributed by atoms with van der Waals surface area (Å²) in [4.78, 5) is 21.3. The van der Waals surface area contributed by atoms with Gasteiger partial charge in [-0.05, 0) is 49.4 Å². The van der Waals surface area contributed by atoms with Crippen LogP contribution in [0, 0.1) is 12.8 Å². The van der Waals surface area contributed by atoms with Gasteiger partial charge in [-0.1, -0.05) is 6.07 Å². The van der Waals surface area contributed by atoms with Crippen molar-refractivity contribution in [3.8, 4) is 5.75 Å². The van der Waals surface area contributed by atoms with Gasteiger partial charge in [-0.2, -0.15) is 0 Å². The summed E-state index contributed by atoms with van der Waals surface area (Å²) >= 11 is 1.34. The standard InChI is InChI=1S/C24H27N5O2S/c1-13-2-5-18-21(25)22(32-24(18)27-13)23(30)28-16-8-14-3-4-17(9-20(14)31-12-16)29-7-6-15-10-26-11-19(15)29/h2-5,9,15-16,19,26H,6-8,10-12,25H2,1H3,(H,28,30)/t15-,16+,19+/m0/s1. The highest BCUT2D eigenvalue weighted by Crippen LogP contribution is 2.36. The van der Waals surface area contributed by atoms with Gasteiger partial charge < -0.3 is 26.0 Å². The summed E-state index contributed by atoms with van der Waals surface area (Å²) in [6.07, 6.45) is 2.00. The zero-order valence-electron chi connectivity index (χ0n) is 18.1. The van der Waals surface area contributed by atoms with Crippen molar-refractivity contribution in [1.29, 1.82) is 0 Å². The molecule has 0 bridgehead atoms. The van der Waals surface area contributed by atoms with E-state index in [9.17, 15) is 4.79 Å². The van der Waals surface area contributed by atoms with Crippen molar-refractivity contribution in [3.05, 3.63) is 46.5 Å². The molecule has 5 heterocycles. The molecule has 0 aliphatic carbocycles. The van der Waals surface area contributed by atoms with Crippen LogP contribution in [0.5, 0.6) is 5.75 Å². The van der Waals surface area contributed by atoms with Gasteiger partial charge in [-0.25, -0.2) is 4.98 Å². The van der Waals surface area contributed by atoms with Crippen molar-refractivity contribution in [3.63, 3.8) is 0 Å². The quantitative estimate of drug-likeness (QED) is 0.569. The van der Waals surface area contributed by atoms with E-state index < -0.39 is 0 Å². The van der Waals surface area contributed by atoms with Gasteiger partial charge in [0.05, 0.1) is 11.7 Å². The summed E-state index contributed by atoms with van der Waals surface area (Å²) in [5, 5.41) is 7.46. The van der Waals surface area contributed by atoms with Gasteiger partial charge in [-0.15, -0.1) is 11.3 Å². The van der Waals surface area contributed by atoms with Crippen LogP contribution in [0.15, 0.2) is 30.3 Å². The lowest BCUT2D eigenvalue weighted by Crippen LogP contribution is -2.42. The Morgan fingerprint density at radius 1 is 1.31 bits per heavy atom. The molecule has 8 heteroatoms. The molecule has 2 aromatic heterocycles.